The van der Waals surface area contributed by atoms with Crippen LogP contribution >= 0.6 is 7.82 Å². The molecule has 0 aliphatic heterocycles. The van der Waals surface area contributed by atoms with E-state index in [1.165, 1.54) is 148 Å². The maximum atomic E-state index is 12.8. The van der Waals surface area contributed by atoms with Crippen LogP contribution in [0.15, 0.2) is 109 Å². The second-order valence-electron chi connectivity index (χ2n) is 23.5. The van der Waals surface area contributed by atoms with Crippen LogP contribution in [0.4, 0.5) is 0 Å². The first-order valence-electron chi connectivity index (χ1n) is 33.6. The third-order valence-corrected chi connectivity index (χ3v) is 15.2. The number of rotatable bonds is 61. The highest BCUT2D eigenvalue weighted by molar-refractivity contribution is 7.45. The average molecular weight is 1160 g/mol. The summed E-state index contributed by atoms with van der Waals surface area (Å²) in [6.45, 7) is 4.11. The fourth-order valence-corrected chi connectivity index (χ4v) is 9.87. The largest absolute Gasteiger partial charge is 0.756 e. The summed E-state index contributed by atoms with van der Waals surface area (Å²) in [7, 11) is 1.16. The first-order valence-corrected chi connectivity index (χ1v) is 35.1. The summed E-state index contributed by atoms with van der Waals surface area (Å²) in [5.41, 5.74) is 0. The lowest BCUT2D eigenvalue weighted by Gasteiger charge is -2.28. The summed E-state index contributed by atoms with van der Waals surface area (Å²) in [6.07, 6.45) is 87.3. The molecule has 0 aliphatic rings. The SMILES string of the molecule is CC/C=C\C/C=C\C/C=C\C/C=C\C/C=C\C/C=C\CCCCCCCCCCCCCCCCCCCCC(=O)OC(COC(=O)CCCCCCCC/C=C\C/C=C\C/C=C\CCCCCCC)COP(=O)([O-])OCC[N+](C)(C)C. The van der Waals surface area contributed by atoms with E-state index in [2.05, 4.69) is 123 Å². The highest BCUT2D eigenvalue weighted by atomic mass is 31.2. The topological polar surface area (TPSA) is 111 Å². The molecule has 0 spiro atoms. The van der Waals surface area contributed by atoms with Gasteiger partial charge >= 0.3 is 11.9 Å². The second kappa shape index (κ2) is 62.2. The molecule has 10 heteroatoms. The summed E-state index contributed by atoms with van der Waals surface area (Å²) in [6, 6.07) is 0. The number of phosphoric ester groups is 1. The summed E-state index contributed by atoms with van der Waals surface area (Å²) in [5.74, 6) is -0.844. The number of nitrogens with zero attached hydrogens (tertiary/aromatic N) is 1. The zero-order valence-corrected chi connectivity index (χ0v) is 54.6. The molecule has 0 fully saturated rings. The molecule has 0 heterocycles. The lowest BCUT2D eigenvalue weighted by atomic mass is 10.0. The van der Waals surface area contributed by atoms with Crippen LogP contribution in [0.1, 0.15) is 284 Å². The average Bonchev–Trinajstić information content (AvgIpc) is 3.46. The standard InChI is InChI=1S/C72H126NO8P/c1-6-8-10-12-14-16-18-20-22-24-26-28-29-30-31-32-33-34-35-36-37-38-39-40-41-42-43-45-47-49-51-53-55-57-59-61-63-65-72(75)81-70(69-80-82(76,77)79-67-66-73(3,4)5)68-78-71(74)64-62-60-58-56-54-52-50-48-46-44-27-25-23-21-19-17-15-13-11-9-7-2/h8,10,14,16,19-22,25-28,30-31,33-34,46,48,70H,6-7,9,11-13,15,17-18,23-24,29,32,35-45,47,49-69H2,1-5H3/b10-8-,16-14-,21-19-,22-20-,27-25-,28-26-,31-30-,34-33-,48-46-. The lowest BCUT2D eigenvalue weighted by molar-refractivity contribution is -0.870. The van der Waals surface area contributed by atoms with Crippen molar-refractivity contribution in [2.75, 3.05) is 47.5 Å². The van der Waals surface area contributed by atoms with Crippen molar-refractivity contribution in [3.05, 3.63) is 109 Å². The van der Waals surface area contributed by atoms with E-state index in [1.807, 2.05) is 21.1 Å². The van der Waals surface area contributed by atoms with E-state index in [0.717, 1.165) is 96.3 Å². The Hall–Kier alpha value is -3.33. The Morgan fingerprint density at radius 3 is 1.04 bits per heavy atom. The van der Waals surface area contributed by atoms with Crippen molar-refractivity contribution in [1.82, 2.24) is 0 Å². The van der Waals surface area contributed by atoms with Crippen LogP contribution in [0.5, 0.6) is 0 Å². The molecular weight excluding hydrogens is 1040 g/mol. The van der Waals surface area contributed by atoms with Crippen LogP contribution in [-0.2, 0) is 32.7 Å². The van der Waals surface area contributed by atoms with Gasteiger partial charge in [0.05, 0.1) is 27.7 Å². The minimum atomic E-state index is -4.65. The van der Waals surface area contributed by atoms with Crippen LogP contribution in [-0.4, -0.2) is 70.0 Å². The van der Waals surface area contributed by atoms with E-state index in [9.17, 15) is 19.0 Å². The molecule has 9 nitrogen and oxygen atoms in total. The first-order chi connectivity index (χ1) is 40.0. The van der Waals surface area contributed by atoms with Gasteiger partial charge in [-0.15, -0.1) is 0 Å². The van der Waals surface area contributed by atoms with Crippen molar-refractivity contribution in [3.63, 3.8) is 0 Å². The Morgan fingerprint density at radius 2 is 0.695 bits per heavy atom. The van der Waals surface area contributed by atoms with Gasteiger partial charge in [-0.1, -0.05) is 277 Å². The van der Waals surface area contributed by atoms with Crippen molar-refractivity contribution >= 4 is 19.8 Å². The molecule has 2 unspecified atom stereocenters. The van der Waals surface area contributed by atoms with E-state index in [4.69, 9.17) is 18.5 Å². The number of hydrogen-bond donors (Lipinski definition) is 0. The van der Waals surface area contributed by atoms with Crippen molar-refractivity contribution in [3.8, 4) is 0 Å². The minimum Gasteiger partial charge on any atom is -0.756 e. The number of hydrogen-bond acceptors (Lipinski definition) is 8. The van der Waals surface area contributed by atoms with Crippen molar-refractivity contribution in [1.29, 1.82) is 0 Å². The molecule has 0 aromatic heterocycles. The van der Waals surface area contributed by atoms with E-state index in [0.29, 0.717) is 23.9 Å². The summed E-state index contributed by atoms with van der Waals surface area (Å²) in [4.78, 5) is 38.0. The normalized spacial score (nSPS) is 13.9. The van der Waals surface area contributed by atoms with Crippen molar-refractivity contribution in [2.45, 2.75) is 290 Å². The number of ether oxygens (including phenoxy) is 2. The van der Waals surface area contributed by atoms with Crippen LogP contribution in [0.3, 0.4) is 0 Å². The molecule has 2 atom stereocenters. The van der Waals surface area contributed by atoms with E-state index in [-0.39, 0.29) is 26.1 Å². The number of quaternary nitrogens is 1. The van der Waals surface area contributed by atoms with Crippen LogP contribution < -0.4 is 4.89 Å². The van der Waals surface area contributed by atoms with E-state index < -0.39 is 32.5 Å². The van der Waals surface area contributed by atoms with Gasteiger partial charge in [0.25, 0.3) is 7.82 Å². The van der Waals surface area contributed by atoms with Gasteiger partial charge < -0.3 is 27.9 Å². The Morgan fingerprint density at radius 1 is 0.390 bits per heavy atom. The third kappa shape index (κ3) is 65.8. The van der Waals surface area contributed by atoms with Gasteiger partial charge in [0.2, 0.25) is 0 Å². The predicted molar refractivity (Wildman–Crippen MR) is 351 cm³/mol. The number of carbonyl (C=O) groups is 2. The molecule has 82 heavy (non-hydrogen) atoms. The number of phosphoric acid groups is 1. The summed E-state index contributed by atoms with van der Waals surface area (Å²) in [5, 5.41) is 0. The van der Waals surface area contributed by atoms with Gasteiger partial charge in [-0.2, -0.15) is 0 Å². The molecule has 0 radical (unpaired) electrons. The van der Waals surface area contributed by atoms with Crippen LogP contribution in [0.25, 0.3) is 0 Å². The summed E-state index contributed by atoms with van der Waals surface area (Å²) < 4.78 is 34.3. The molecular formula is C72H126NO8P. The minimum absolute atomic E-state index is 0.0362. The number of esters is 2. The van der Waals surface area contributed by atoms with Gasteiger partial charge in [0, 0.05) is 12.8 Å². The Bertz CT molecular complexity index is 1750. The molecule has 0 rings (SSSR count). The fraction of sp³-hybridized carbons (Fsp3) is 0.722. The summed E-state index contributed by atoms with van der Waals surface area (Å²) >= 11 is 0. The maximum Gasteiger partial charge on any atom is 0.306 e. The molecule has 0 saturated carbocycles. The lowest BCUT2D eigenvalue weighted by Crippen LogP contribution is -2.37. The molecule has 472 valence electrons. The van der Waals surface area contributed by atoms with E-state index >= 15 is 0 Å². The zero-order valence-electron chi connectivity index (χ0n) is 53.7. The van der Waals surface area contributed by atoms with Crippen molar-refractivity contribution < 1.29 is 42.1 Å². The quantitative estimate of drug-likeness (QED) is 0.0195. The number of unbranched alkanes of at least 4 members (excludes halogenated alkanes) is 29. The molecule has 0 bridgehead atoms. The van der Waals surface area contributed by atoms with Gasteiger partial charge in [0.1, 0.15) is 19.8 Å². The molecule has 0 aliphatic carbocycles. The fourth-order valence-electron chi connectivity index (χ4n) is 9.14. The number of likely N-dealkylation sites (N-methyl/N-ethyl adjacent to an activating group) is 1. The Balaban J connectivity index is 4.05. The van der Waals surface area contributed by atoms with Gasteiger partial charge in [-0.3, -0.25) is 14.2 Å². The number of carbonyl (C=O) groups excluding carboxylic acids is 2. The predicted octanol–water partition coefficient (Wildman–Crippen LogP) is 21.1. The Kier molecular flexibility index (Phi) is 59.7. The molecule has 0 amide bonds. The van der Waals surface area contributed by atoms with Crippen LogP contribution in [0.2, 0.25) is 0 Å². The Labute approximate surface area is 506 Å². The molecule has 0 aromatic rings. The highest BCUT2D eigenvalue weighted by Crippen LogP contribution is 2.38. The second-order valence-corrected chi connectivity index (χ2v) is 24.9. The first kappa shape index (κ1) is 78.7. The monoisotopic (exact) mass is 1160 g/mol. The highest BCUT2D eigenvalue weighted by Gasteiger charge is 2.22. The van der Waals surface area contributed by atoms with E-state index in [1.54, 1.807) is 0 Å². The van der Waals surface area contributed by atoms with Crippen molar-refractivity contribution in [2.24, 2.45) is 0 Å². The zero-order chi connectivity index (χ0) is 59.8. The molecule has 0 aromatic carbocycles. The van der Waals surface area contributed by atoms with Crippen LogP contribution in [0, 0.1) is 0 Å². The third-order valence-electron chi connectivity index (χ3n) is 14.3. The van der Waals surface area contributed by atoms with Gasteiger partial charge in [0.15, 0.2) is 6.10 Å². The molecule has 0 saturated heterocycles. The smallest absolute Gasteiger partial charge is 0.306 e. The molecule has 0 N–H and O–H groups in total. The maximum absolute atomic E-state index is 12.8. The van der Waals surface area contributed by atoms with Gasteiger partial charge in [-0.05, 0) is 103 Å². The van der Waals surface area contributed by atoms with Gasteiger partial charge in [-0.25, -0.2) is 0 Å². The number of allylic oxidation sites excluding steroid dienone is 18.